The lowest BCUT2D eigenvalue weighted by molar-refractivity contribution is 0.102. The molecule has 0 aliphatic rings. The molecular formula is C14H17N3O2. The average Bonchev–Trinajstić information content (AvgIpc) is 2.85. The standard InChI is InChI=1S/C14H17N3O2/c1-8(2)10-7-12(9(3)6-13(10)18)16-14(19)11-4-5-15-17-11/h4-8,18H,1-3H3,(H,15,17)(H,16,19). The first kappa shape index (κ1) is 13.1. The fourth-order valence-electron chi connectivity index (χ4n) is 1.88. The second-order valence-electron chi connectivity index (χ2n) is 4.81. The number of aryl methyl sites for hydroxylation is 1. The molecule has 0 saturated carbocycles. The Morgan fingerprint density at radius 2 is 2.16 bits per heavy atom. The first-order chi connectivity index (χ1) is 8.99. The number of amides is 1. The van der Waals surface area contributed by atoms with Crippen LogP contribution in [0.4, 0.5) is 5.69 Å². The molecule has 0 spiro atoms. The fourth-order valence-corrected chi connectivity index (χ4v) is 1.88. The number of carbonyl (C=O) groups excluding carboxylic acids is 1. The van der Waals surface area contributed by atoms with E-state index in [2.05, 4.69) is 15.5 Å². The van der Waals surface area contributed by atoms with Crippen molar-refractivity contribution < 1.29 is 9.90 Å². The molecule has 2 aromatic rings. The van der Waals surface area contributed by atoms with Gasteiger partial charge in [0.25, 0.3) is 5.91 Å². The molecule has 0 aliphatic heterocycles. The highest BCUT2D eigenvalue weighted by Gasteiger charge is 2.13. The Balaban J connectivity index is 2.30. The molecule has 0 fully saturated rings. The van der Waals surface area contributed by atoms with Gasteiger partial charge in [0.05, 0.1) is 0 Å². The molecule has 19 heavy (non-hydrogen) atoms. The maximum atomic E-state index is 11.9. The molecule has 3 N–H and O–H groups in total. The summed E-state index contributed by atoms with van der Waals surface area (Å²) >= 11 is 0. The number of phenols is 1. The van der Waals surface area contributed by atoms with Crippen molar-refractivity contribution in [1.82, 2.24) is 10.2 Å². The molecule has 1 aromatic carbocycles. The Kier molecular flexibility index (Phi) is 3.55. The highest BCUT2D eigenvalue weighted by atomic mass is 16.3. The number of H-pyrrole nitrogens is 1. The van der Waals surface area contributed by atoms with Gasteiger partial charge in [0.2, 0.25) is 0 Å². The number of hydrogen-bond acceptors (Lipinski definition) is 3. The van der Waals surface area contributed by atoms with Crippen molar-refractivity contribution in [3.05, 3.63) is 41.2 Å². The van der Waals surface area contributed by atoms with Crippen LogP contribution in [0.2, 0.25) is 0 Å². The van der Waals surface area contributed by atoms with Gasteiger partial charge in [0.1, 0.15) is 11.4 Å². The quantitative estimate of drug-likeness (QED) is 0.742. The van der Waals surface area contributed by atoms with Crippen molar-refractivity contribution >= 4 is 11.6 Å². The number of nitrogens with one attached hydrogen (secondary N) is 2. The van der Waals surface area contributed by atoms with E-state index in [0.717, 1.165) is 11.1 Å². The smallest absolute Gasteiger partial charge is 0.273 e. The van der Waals surface area contributed by atoms with Gasteiger partial charge in [-0.2, -0.15) is 5.10 Å². The van der Waals surface area contributed by atoms with Crippen LogP contribution in [0.1, 0.15) is 41.4 Å². The second-order valence-corrected chi connectivity index (χ2v) is 4.81. The molecule has 100 valence electrons. The number of benzene rings is 1. The summed E-state index contributed by atoms with van der Waals surface area (Å²) in [5, 5.41) is 19.0. The normalized spacial score (nSPS) is 10.7. The molecule has 2 rings (SSSR count). The van der Waals surface area contributed by atoms with E-state index in [9.17, 15) is 9.90 Å². The minimum Gasteiger partial charge on any atom is -0.508 e. The molecule has 5 heteroatoms. The number of anilines is 1. The van der Waals surface area contributed by atoms with Crippen molar-refractivity contribution in [3.63, 3.8) is 0 Å². The third-order valence-corrected chi connectivity index (χ3v) is 2.99. The number of aromatic amines is 1. The van der Waals surface area contributed by atoms with Gasteiger partial charge in [-0.25, -0.2) is 0 Å². The molecule has 0 radical (unpaired) electrons. The van der Waals surface area contributed by atoms with Crippen LogP contribution in [0.3, 0.4) is 0 Å². The lowest BCUT2D eigenvalue weighted by Crippen LogP contribution is -2.13. The van der Waals surface area contributed by atoms with E-state index in [1.165, 1.54) is 6.20 Å². The van der Waals surface area contributed by atoms with Gasteiger partial charge < -0.3 is 10.4 Å². The summed E-state index contributed by atoms with van der Waals surface area (Å²) in [7, 11) is 0. The van der Waals surface area contributed by atoms with Crippen LogP contribution in [-0.2, 0) is 0 Å². The van der Waals surface area contributed by atoms with Crippen molar-refractivity contribution in [2.45, 2.75) is 26.7 Å². The van der Waals surface area contributed by atoms with Crippen LogP contribution < -0.4 is 5.32 Å². The summed E-state index contributed by atoms with van der Waals surface area (Å²) in [6.07, 6.45) is 1.53. The number of aromatic nitrogens is 2. The van der Waals surface area contributed by atoms with Crippen LogP contribution in [0.15, 0.2) is 24.4 Å². The third-order valence-electron chi connectivity index (χ3n) is 2.99. The minimum absolute atomic E-state index is 0.184. The monoisotopic (exact) mass is 259 g/mol. The van der Waals surface area contributed by atoms with Gasteiger partial charge in [-0.1, -0.05) is 13.8 Å². The zero-order valence-corrected chi connectivity index (χ0v) is 11.2. The van der Waals surface area contributed by atoms with Gasteiger partial charge >= 0.3 is 0 Å². The molecule has 0 aliphatic carbocycles. The van der Waals surface area contributed by atoms with Gasteiger partial charge in [-0.15, -0.1) is 0 Å². The molecule has 0 bridgehead atoms. The molecule has 1 amide bonds. The third kappa shape index (κ3) is 2.76. The molecule has 0 atom stereocenters. The Hall–Kier alpha value is -2.30. The van der Waals surface area contributed by atoms with E-state index in [1.807, 2.05) is 26.8 Å². The first-order valence-corrected chi connectivity index (χ1v) is 6.13. The van der Waals surface area contributed by atoms with E-state index in [-0.39, 0.29) is 17.6 Å². The average molecular weight is 259 g/mol. The SMILES string of the molecule is Cc1cc(O)c(C(C)C)cc1NC(=O)c1ccn[nH]1. The zero-order chi connectivity index (χ0) is 14.0. The maximum Gasteiger partial charge on any atom is 0.273 e. The van der Waals surface area contributed by atoms with Crippen molar-refractivity contribution in [2.24, 2.45) is 0 Å². The predicted octanol–water partition coefficient (Wildman–Crippen LogP) is 2.80. The van der Waals surface area contributed by atoms with E-state index in [1.54, 1.807) is 12.1 Å². The van der Waals surface area contributed by atoms with Crippen molar-refractivity contribution in [3.8, 4) is 5.75 Å². The number of nitrogens with zero attached hydrogens (tertiary/aromatic N) is 1. The lowest BCUT2D eigenvalue weighted by atomic mass is 9.99. The minimum atomic E-state index is -0.249. The van der Waals surface area contributed by atoms with E-state index in [0.29, 0.717) is 11.4 Å². The second kappa shape index (κ2) is 5.14. The number of carbonyl (C=O) groups is 1. The Labute approximate surface area is 111 Å². The van der Waals surface area contributed by atoms with Gasteiger partial charge in [-0.3, -0.25) is 9.89 Å². The van der Waals surface area contributed by atoms with Gasteiger partial charge in [0.15, 0.2) is 0 Å². The lowest BCUT2D eigenvalue weighted by Gasteiger charge is -2.14. The molecule has 1 aromatic heterocycles. The summed E-state index contributed by atoms with van der Waals surface area (Å²) < 4.78 is 0. The van der Waals surface area contributed by atoms with E-state index in [4.69, 9.17) is 0 Å². The van der Waals surface area contributed by atoms with Crippen molar-refractivity contribution in [2.75, 3.05) is 5.32 Å². The van der Waals surface area contributed by atoms with Crippen LogP contribution >= 0.6 is 0 Å². The predicted molar refractivity (Wildman–Crippen MR) is 73.5 cm³/mol. The first-order valence-electron chi connectivity index (χ1n) is 6.13. The van der Waals surface area contributed by atoms with Crippen LogP contribution in [0.25, 0.3) is 0 Å². The highest BCUT2D eigenvalue weighted by molar-refractivity contribution is 6.03. The Bertz CT molecular complexity index is 589. The zero-order valence-electron chi connectivity index (χ0n) is 11.2. The summed E-state index contributed by atoms with van der Waals surface area (Å²) in [6.45, 7) is 5.82. The molecule has 5 nitrogen and oxygen atoms in total. The molecule has 0 saturated heterocycles. The number of hydrogen-bond donors (Lipinski definition) is 3. The van der Waals surface area contributed by atoms with E-state index < -0.39 is 0 Å². The fraction of sp³-hybridized carbons (Fsp3) is 0.286. The topological polar surface area (TPSA) is 78.0 Å². The largest absolute Gasteiger partial charge is 0.508 e. The van der Waals surface area contributed by atoms with Gasteiger partial charge in [0, 0.05) is 11.9 Å². The molecule has 0 unspecified atom stereocenters. The number of phenolic OH excluding ortho intramolecular Hbond substituents is 1. The summed E-state index contributed by atoms with van der Waals surface area (Å²) in [5.41, 5.74) is 2.72. The van der Waals surface area contributed by atoms with E-state index >= 15 is 0 Å². The highest BCUT2D eigenvalue weighted by Crippen LogP contribution is 2.31. The summed E-state index contributed by atoms with van der Waals surface area (Å²) in [4.78, 5) is 11.9. The maximum absolute atomic E-state index is 11.9. The summed E-state index contributed by atoms with van der Waals surface area (Å²) in [6, 6.07) is 5.08. The number of rotatable bonds is 3. The van der Waals surface area contributed by atoms with Crippen LogP contribution in [0.5, 0.6) is 5.75 Å². The van der Waals surface area contributed by atoms with Gasteiger partial charge in [-0.05, 0) is 42.2 Å². The van der Waals surface area contributed by atoms with Crippen LogP contribution in [0, 0.1) is 6.92 Å². The van der Waals surface area contributed by atoms with Crippen LogP contribution in [-0.4, -0.2) is 21.2 Å². The van der Waals surface area contributed by atoms with Crippen molar-refractivity contribution in [1.29, 1.82) is 0 Å². The Morgan fingerprint density at radius 1 is 1.42 bits per heavy atom. The summed E-state index contributed by atoms with van der Waals surface area (Å²) in [5.74, 6) is 0.191. The molecular weight excluding hydrogens is 242 g/mol. The Morgan fingerprint density at radius 3 is 2.74 bits per heavy atom. The molecule has 1 heterocycles. The number of aromatic hydroxyl groups is 1.